The van der Waals surface area contributed by atoms with E-state index in [9.17, 15) is 24.3 Å². The zero-order valence-corrected chi connectivity index (χ0v) is 28.0. The van der Waals surface area contributed by atoms with Gasteiger partial charge in [-0.15, -0.1) is 13.2 Å². The third kappa shape index (κ3) is 6.56. The topological polar surface area (TPSA) is 125 Å². The van der Waals surface area contributed by atoms with Crippen LogP contribution in [0.25, 0.3) is 0 Å². The Morgan fingerprint density at radius 2 is 1.73 bits per heavy atom. The summed E-state index contributed by atoms with van der Waals surface area (Å²) in [5, 5.41) is 13.8. The van der Waals surface area contributed by atoms with E-state index in [-0.39, 0.29) is 25.5 Å². The van der Waals surface area contributed by atoms with Crippen LogP contribution in [0.5, 0.6) is 0 Å². The molecule has 48 heavy (non-hydrogen) atoms. The molecule has 0 saturated carbocycles. The third-order valence-corrected chi connectivity index (χ3v) is 9.84. The normalized spacial score (nSPS) is 25.6. The second-order valence-corrected chi connectivity index (χ2v) is 13.8. The SMILES string of the molecule is C=CCCC(=O)OC[C@H](NC(=O)[C@@H]1[C@H]2C(=O)N([C@H](CO)c3ccccc3)[C@H](C(=O)N(CC=C)C(C)(C)C)[C@]23CC[C@H]1O3)c1ccccc1. The first-order chi connectivity index (χ1) is 23.0. The van der Waals surface area contributed by atoms with Crippen LogP contribution in [-0.2, 0) is 28.7 Å². The number of hydrogen-bond acceptors (Lipinski definition) is 7. The molecule has 3 aliphatic heterocycles. The Morgan fingerprint density at radius 3 is 2.31 bits per heavy atom. The van der Waals surface area contributed by atoms with Gasteiger partial charge >= 0.3 is 5.97 Å². The molecule has 1 spiro atoms. The lowest BCUT2D eigenvalue weighted by molar-refractivity contribution is -0.154. The lowest BCUT2D eigenvalue weighted by atomic mass is 9.70. The molecular weight excluding hydrogens is 610 g/mol. The number of hydrogen-bond donors (Lipinski definition) is 2. The Morgan fingerprint density at radius 1 is 1.08 bits per heavy atom. The minimum atomic E-state index is -1.27. The number of rotatable bonds is 14. The van der Waals surface area contributed by atoms with Crippen molar-refractivity contribution >= 4 is 23.7 Å². The molecule has 256 valence electrons. The highest BCUT2D eigenvalue weighted by molar-refractivity contribution is 5.99. The van der Waals surface area contributed by atoms with Crippen molar-refractivity contribution in [3.05, 3.63) is 97.1 Å². The van der Waals surface area contributed by atoms with Gasteiger partial charge in [0.1, 0.15) is 18.2 Å². The Bertz CT molecular complexity index is 1510. The van der Waals surface area contributed by atoms with Crippen LogP contribution >= 0.6 is 0 Å². The van der Waals surface area contributed by atoms with E-state index >= 15 is 0 Å². The van der Waals surface area contributed by atoms with Gasteiger partial charge in [-0.25, -0.2) is 0 Å². The minimum Gasteiger partial charge on any atom is -0.463 e. The highest BCUT2D eigenvalue weighted by Crippen LogP contribution is 2.60. The van der Waals surface area contributed by atoms with E-state index in [0.29, 0.717) is 24.8 Å². The Labute approximate surface area is 282 Å². The number of amides is 3. The summed E-state index contributed by atoms with van der Waals surface area (Å²) in [6.07, 6.45) is 4.24. The molecule has 0 radical (unpaired) electrons. The van der Waals surface area contributed by atoms with E-state index in [0.717, 1.165) is 5.56 Å². The summed E-state index contributed by atoms with van der Waals surface area (Å²) in [4.78, 5) is 59.4. The van der Waals surface area contributed by atoms with Crippen LogP contribution in [0.3, 0.4) is 0 Å². The van der Waals surface area contributed by atoms with Gasteiger partial charge in [-0.1, -0.05) is 72.8 Å². The van der Waals surface area contributed by atoms with Gasteiger partial charge in [-0.3, -0.25) is 19.2 Å². The van der Waals surface area contributed by atoms with Crippen molar-refractivity contribution in [2.75, 3.05) is 19.8 Å². The van der Waals surface area contributed by atoms with Crippen molar-refractivity contribution in [2.24, 2.45) is 11.8 Å². The van der Waals surface area contributed by atoms with Gasteiger partial charge in [0.25, 0.3) is 0 Å². The monoisotopic (exact) mass is 657 g/mol. The van der Waals surface area contributed by atoms with Crippen LogP contribution in [0, 0.1) is 11.8 Å². The summed E-state index contributed by atoms with van der Waals surface area (Å²) in [5.41, 5.74) is -0.474. The molecule has 2 N–H and O–H groups in total. The molecule has 10 nitrogen and oxygen atoms in total. The van der Waals surface area contributed by atoms with Crippen LogP contribution in [0.15, 0.2) is 86.0 Å². The average Bonchev–Trinajstić information content (AvgIpc) is 3.72. The second kappa shape index (κ2) is 14.5. The Kier molecular flexibility index (Phi) is 10.6. The second-order valence-electron chi connectivity index (χ2n) is 13.8. The van der Waals surface area contributed by atoms with Gasteiger partial charge in [-0.2, -0.15) is 0 Å². The molecule has 2 aromatic rings. The third-order valence-electron chi connectivity index (χ3n) is 9.84. The number of ether oxygens (including phenoxy) is 2. The standard InChI is InChI=1S/C38H47N3O7/c1-6-8-19-30(43)47-24-27(25-15-11-9-12-16-25)39-34(44)31-29-20-21-38(48-29)32(31)35(45)41(28(23-42)26-17-13-10-14-18-26)33(38)36(46)40(22-7-2)37(3,4)5/h6-7,9-18,27-29,31-33,42H,1-2,8,19-24H2,3-5H3,(H,39,44)/t27-,28+,29+,31-,32-,33+,38-/m0/s1. The number of aliphatic hydroxyl groups is 1. The molecule has 3 aliphatic rings. The number of nitrogens with one attached hydrogen (secondary N) is 1. The number of esters is 1. The van der Waals surface area contributed by atoms with E-state index < -0.39 is 71.6 Å². The van der Waals surface area contributed by atoms with Crippen molar-refractivity contribution in [1.29, 1.82) is 0 Å². The lowest BCUT2D eigenvalue weighted by Gasteiger charge is -2.43. The molecule has 3 fully saturated rings. The van der Waals surface area contributed by atoms with Crippen molar-refractivity contribution < 1.29 is 33.8 Å². The van der Waals surface area contributed by atoms with Crippen molar-refractivity contribution in [3.63, 3.8) is 0 Å². The summed E-state index contributed by atoms with van der Waals surface area (Å²) in [7, 11) is 0. The van der Waals surface area contributed by atoms with E-state index in [1.165, 1.54) is 4.90 Å². The Balaban J connectivity index is 1.52. The van der Waals surface area contributed by atoms with E-state index in [1.807, 2.05) is 81.4 Å². The quantitative estimate of drug-likeness (QED) is 0.230. The number of carbonyl (C=O) groups is 4. The first kappa shape index (κ1) is 35.0. The average molecular weight is 658 g/mol. The van der Waals surface area contributed by atoms with Crippen molar-refractivity contribution in [2.45, 2.75) is 81.8 Å². The zero-order valence-electron chi connectivity index (χ0n) is 28.0. The number of allylic oxidation sites excluding steroid dienone is 1. The van der Waals surface area contributed by atoms with E-state index in [4.69, 9.17) is 9.47 Å². The summed E-state index contributed by atoms with van der Waals surface area (Å²) >= 11 is 0. The molecule has 3 amide bonds. The summed E-state index contributed by atoms with van der Waals surface area (Å²) < 4.78 is 12.2. The predicted octanol–water partition coefficient (Wildman–Crippen LogP) is 4.27. The Hall–Kier alpha value is -4.28. The largest absolute Gasteiger partial charge is 0.463 e. The maximum absolute atomic E-state index is 14.8. The minimum absolute atomic E-state index is 0.0936. The van der Waals surface area contributed by atoms with E-state index in [1.54, 1.807) is 17.1 Å². The number of likely N-dealkylation sites (tertiary alicyclic amines) is 1. The molecule has 0 aromatic heterocycles. The maximum atomic E-state index is 14.8. The summed E-state index contributed by atoms with van der Waals surface area (Å²) in [6, 6.07) is 15.7. The molecule has 2 bridgehead atoms. The van der Waals surface area contributed by atoms with Crippen LogP contribution < -0.4 is 5.32 Å². The maximum Gasteiger partial charge on any atom is 0.306 e. The van der Waals surface area contributed by atoms with Gasteiger partial charge < -0.3 is 29.7 Å². The van der Waals surface area contributed by atoms with Gasteiger partial charge in [-0.05, 0) is 51.2 Å². The number of nitrogens with zero attached hydrogens (tertiary/aromatic N) is 2. The fourth-order valence-electron chi connectivity index (χ4n) is 7.65. The van der Waals surface area contributed by atoms with Crippen molar-refractivity contribution in [3.8, 4) is 0 Å². The number of fused-ring (bicyclic) bond motifs is 1. The molecule has 0 unspecified atom stereocenters. The smallest absolute Gasteiger partial charge is 0.306 e. The molecule has 5 rings (SSSR count). The number of carbonyl (C=O) groups excluding carboxylic acids is 4. The fourth-order valence-corrected chi connectivity index (χ4v) is 7.65. The van der Waals surface area contributed by atoms with Crippen LogP contribution in [0.1, 0.15) is 69.7 Å². The van der Waals surface area contributed by atoms with Gasteiger partial charge in [0.05, 0.1) is 36.6 Å². The highest BCUT2D eigenvalue weighted by atomic mass is 16.5. The first-order valence-electron chi connectivity index (χ1n) is 16.7. The van der Waals surface area contributed by atoms with Gasteiger partial charge in [0, 0.05) is 18.5 Å². The molecular formula is C38H47N3O7. The van der Waals surface area contributed by atoms with Crippen LogP contribution in [-0.4, -0.2) is 81.6 Å². The summed E-state index contributed by atoms with van der Waals surface area (Å²) in [6.45, 7) is 13.0. The fraction of sp³-hybridized carbons (Fsp3) is 0.474. The van der Waals surface area contributed by atoms with Gasteiger partial charge in [0.15, 0.2) is 0 Å². The van der Waals surface area contributed by atoms with Crippen LogP contribution in [0.2, 0.25) is 0 Å². The highest BCUT2D eigenvalue weighted by Gasteiger charge is 2.75. The molecule has 2 aromatic carbocycles. The predicted molar refractivity (Wildman–Crippen MR) is 180 cm³/mol. The zero-order chi connectivity index (χ0) is 34.6. The molecule has 10 heteroatoms. The van der Waals surface area contributed by atoms with E-state index in [2.05, 4.69) is 18.5 Å². The van der Waals surface area contributed by atoms with Crippen LogP contribution in [0.4, 0.5) is 0 Å². The van der Waals surface area contributed by atoms with Crippen molar-refractivity contribution in [1.82, 2.24) is 15.1 Å². The summed E-state index contributed by atoms with van der Waals surface area (Å²) in [5.74, 6) is -3.40. The number of aliphatic hydroxyl groups excluding tert-OH is 1. The number of benzene rings is 2. The van der Waals surface area contributed by atoms with Gasteiger partial charge in [0.2, 0.25) is 17.7 Å². The molecule has 3 heterocycles. The molecule has 7 atom stereocenters. The molecule has 0 aliphatic carbocycles. The molecule has 3 saturated heterocycles. The first-order valence-corrected chi connectivity index (χ1v) is 16.7. The lowest BCUT2D eigenvalue weighted by Crippen LogP contribution is -2.60.